The third kappa shape index (κ3) is 4.87. The monoisotopic (exact) mass is 438 g/mol. The molecule has 2 aliphatic heterocycles. The second-order valence-electron chi connectivity index (χ2n) is 7.35. The Morgan fingerprint density at radius 2 is 2.24 bits per heavy atom. The third-order valence-electron chi connectivity index (χ3n) is 5.28. The van der Waals surface area contributed by atoms with E-state index in [1.807, 2.05) is 11.4 Å². The van der Waals surface area contributed by atoms with E-state index in [-0.39, 0.29) is 18.5 Å². The number of thiophene rings is 1. The Morgan fingerprint density at radius 3 is 2.93 bits per heavy atom. The van der Waals surface area contributed by atoms with Gasteiger partial charge in [0.25, 0.3) is 11.8 Å². The normalized spacial score (nSPS) is 29.4. The Balaban J connectivity index is 1.36. The minimum absolute atomic E-state index is 0.0193. The summed E-state index contributed by atoms with van der Waals surface area (Å²) < 4.78 is 24.3. The van der Waals surface area contributed by atoms with E-state index in [0.717, 1.165) is 6.42 Å². The van der Waals surface area contributed by atoms with Crippen LogP contribution >= 0.6 is 11.3 Å². The number of hydrogen-bond donors (Lipinski definition) is 1. The number of ether oxygens (including phenoxy) is 1. The molecule has 1 unspecified atom stereocenters. The number of aromatic nitrogens is 4. The van der Waals surface area contributed by atoms with Crippen molar-refractivity contribution in [3.63, 3.8) is 0 Å². The maximum Gasteiger partial charge on any atom is 0.275 e. The first-order valence-electron chi connectivity index (χ1n) is 9.40. The molecule has 2 fully saturated rings. The molecule has 2 amide bonds. The van der Waals surface area contributed by atoms with Gasteiger partial charge in [0.05, 0.1) is 20.2 Å². The van der Waals surface area contributed by atoms with Crippen LogP contribution in [-0.4, -0.2) is 66.0 Å². The Hall–Kier alpha value is -2.18. The van der Waals surface area contributed by atoms with Crippen LogP contribution in [0.15, 0.2) is 28.2 Å². The number of carbonyl (C=O) groups excluding carboxylic acids is 2. The van der Waals surface area contributed by atoms with Gasteiger partial charge in [-0.3, -0.25) is 9.59 Å². The fourth-order valence-corrected chi connectivity index (χ4v) is 6.60. The number of nitrogens with one attached hydrogen (secondary N) is 1. The molecule has 156 valence electrons. The predicted octanol–water partition coefficient (Wildman–Crippen LogP) is 0.871. The fourth-order valence-electron chi connectivity index (χ4n) is 3.78. The molecule has 4 heterocycles. The summed E-state index contributed by atoms with van der Waals surface area (Å²) in [6, 6.07) is 3.68. The van der Waals surface area contributed by atoms with Gasteiger partial charge in [0.1, 0.15) is 12.9 Å². The zero-order valence-corrected chi connectivity index (χ0v) is 17.4. The van der Waals surface area contributed by atoms with E-state index < -0.39 is 21.2 Å². The first-order chi connectivity index (χ1) is 14.0. The van der Waals surface area contributed by atoms with Gasteiger partial charge in [-0.15, -0.1) is 16.4 Å². The average molecular weight is 439 g/mol. The highest BCUT2D eigenvalue weighted by molar-refractivity contribution is 7.93. The molecule has 12 heteroatoms. The van der Waals surface area contributed by atoms with E-state index in [4.69, 9.17) is 4.74 Å². The molecular weight excluding hydrogens is 416 g/mol. The number of tetrazole rings is 1. The molecular formula is C17H22N6O4S2. The largest absolute Gasteiger partial charge is 0.375 e. The molecule has 2 aromatic rings. The molecule has 1 atom stereocenters. The molecule has 0 bridgehead atoms. The van der Waals surface area contributed by atoms with E-state index >= 15 is 0 Å². The second-order valence-corrected chi connectivity index (χ2v) is 10.8. The van der Waals surface area contributed by atoms with Crippen LogP contribution in [0.3, 0.4) is 0 Å². The molecule has 1 N–H and O–H groups in total. The Kier molecular flexibility index (Phi) is 5.74. The summed E-state index contributed by atoms with van der Waals surface area (Å²) in [5.74, 6) is 0.0496. The van der Waals surface area contributed by atoms with Crippen molar-refractivity contribution in [2.24, 2.45) is 4.36 Å². The van der Waals surface area contributed by atoms with Crippen LogP contribution in [0.1, 0.15) is 35.4 Å². The van der Waals surface area contributed by atoms with Crippen molar-refractivity contribution in [1.29, 1.82) is 0 Å². The summed E-state index contributed by atoms with van der Waals surface area (Å²) >= 11 is 1.41. The van der Waals surface area contributed by atoms with Gasteiger partial charge in [-0.05, 0) is 47.6 Å². The van der Waals surface area contributed by atoms with Crippen LogP contribution in [0.2, 0.25) is 0 Å². The lowest BCUT2D eigenvalue weighted by atomic mass is 9.85. The minimum Gasteiger partial charge on any atom is -0.375 e. The number of carbonyl (C=O) groups is 2. The molecule has 2 aliphatic rings. The Bertz CT molecular complexity index is 968. The van der Waals surface area contributed by atoms with Gasteiger partial charge >= 0.3 is 0 Å². The Labute approximate surface area is 172 Å². The molecule has 0 aromatic carbocycles. The maximum absolute atomic E-state index is 13.0. The van der Waals surface area contributed by atoms with Gasteiger partial charge in [-0.25, -0.2) is 8.89 Å². The quantitative estimate of drug-likeness (QED) is 0.750. The SMILES string of the molecule is O=C(Cn1cnnn1)N=S1(=O)CCC2(CC1)CC(NC(=O)c1cccs1)CCO2. The molecule has 0 radical (unpaired) electrons. The summed E-state index contributed by atoms with van der Waals surface area (Å²) in [5.41, 5.74) is -0.416. The third-order valence-corrected chi connectivity index (χ3v) is 8.37. The van der Waals surface area contributed by atoms with Gasteiger partial charge in [0.15, 0.2) is 0 Å². The van der Waals surface area contributed by atoms with Crippen molar-refractivity contribution < 1.29 is 18.5 Å². The topological polar surface area (TPSA) is 128 Å². The van der Waals surface area contributed by atoms with E-state index in [9.17, 15) is 13.8 Å². The molecule has 0 saturated carbocycles. The highest BCUT2D eigenvalue weighted by atomic mass is 32.2. The predicted molar refractivity (Wildman–Crippen MR) is 106 cm³/mol. The van der Waals surface area contributed by atoms with Gasteiger partial charge in [0.2, 0.25) is 0 Å². The van der Waals surface area contributed by atoms with E-state index in [2.05, 4.69) is 25.2 Å². The van der Waals surface area contributed by atoms with Crippen molar-refractivity contribution in [3.8, 4) is 0 Å². The van der Waals surface area contributed by atoms with Crippen LogP contribution in [0.5, 0.6) is 0 Å². The van der Waals surface area contributed by atoms with E-state index in [1.165, 1.54) is 22.3 Å². The lowest BCUT2D eigenvalue weighted by Gasteiger charge is -2.44. The summed E-state index contributed by atoms with van der Waals surface area (Å²) in [7, 11) is -2.62. The first kappa shape index (κ1) is 20.1. The van der Waals surface area contributed by atoms with Crippen molar-refractivity contribution >= 4 is 32.9 Å². The second kappa shape index (κ2) is 8.28. The number of hydrogen-bond acceptors (Lipinski definition) is 8. The van der Waals surface area contributed by atoms with Gasteiger partial charge in [-0.1, -0.05) is 6.07 Å². The highest BCUT2D eigenvalue weighted by Gasteiger charge is 2.42. The van der Waals surface area contributed by atoms with Crippen molar-refractivity contribution in [1.82, 2.24) is 25.5 Å². The van der Waals surface area contributed by atoms with Crippen LogP contribution < -0.4 is 5.32 Å². The van der Waals surface area contributed by atoms with Crippen molar-refractivity contribution in [2.75, 3.05) is 18.1 Å². The smallest absolute Gasteiger partial charge is 0.275 e. The summed E-state index contributed by atoms with van der Waals surface area (Å²) in [5, 5.41) is 15.5. The van der Waals surface area contributed by atoms with Crippen LogP contribution in [0.25, 0.3) is 0 Å². The summed E-state index contributed by atoms with van der Waals surface area (Å²) in [4.78, 5) is 25.1. The molecule has 10 nitrogen and oxygen atoms in total. The van der Waals surface area contributed by atoms with Crippen molar-refractivity contribution in [3.05, 3.63) is 28.7 Å². The maximum atomic E-state index is 13.0. The van der Waals surface area contributed by atoms with E-state index in [0.29, 0.717) is 42.3 Å². The fraction of sp³-hybridized carbons (Fsp3) is 0.588. The van der Waals surface area contributed by atoms with Crippen LogP contribution in [0, 0.1) is 0 Å². The standard InChI is InChI=1S/C17H22N6O4S2/c24-15(11-23-12-18-21-22-23)20-29(26)8-4-17(5-9-29)10-13(3-6-27-17)19-16(25)14-2-1-7-28-14/h1-2,7,12-13H,3-6,8-11H2,(H,19,25). The number of nitrogens with zero attached hydrogens (tertiary/aromatic N) is 5. The van der Waals surface area contributed by atoms with Gasteiger partial charge in [-0.2, -0.15) is 4.36 Å². The van der Waals surface area contributed by atoms with E-state index in [1.54, 1.807) is 6.07 Å². The van der Waals surface area contributed by atoms with Crippen molar-refractivity contribution in [2.45, 2.75) is 43.9 Å². The molecule has 4 rings (SSSR count). The zero-order valence-electron chi connectivity index (χ0n) is 15.7. The minimum atomic E-state index is -2.62. The van der Waals surface area contributed by atoms with Gasteiger partial charge in [0, 0.05) is 24.2 Å². The number of amides is 2. The summed E-state index contributed by atoms with van der Waals surface area (Å²) in [6.45, 7) is 0.425. The lowest BCUT2D eigenvalue weighted by Crippen LogP contribution is -2.51. The summed E-state index contributed by atoms with van der Waals surface area (Å²) in [6.07, 6.45) is 3.86. The first-order valence-corrected chi connectivity index (χ1v) is 12.1. The molecule has 2 saturated heterocycles. The molecule has 1 spiro atoms. The van der Waals surface area contributed by atoms with Crippen LogP contribution in [0.4, 0.5) is 0 Å². The zero-order chi connectivity index (χ0) is 20.3. The molecule has 0 aliphatic carbocycles. The molecule has 2 aromatic heterocycles. The van der Waals surface area contributed by atoms with Gasteiger partial charge < -0.3 is 10.1 Å². The molecule has 29 heavy (non-hydrogen) atoms. The highest BCUT2D eigenvalue weighted by Crippen LogP contribution is 2.36. The number of rotatable bonds is 4. The van der Waals surface area contributed by atoms with Crippen LogP contribution in [-0.2, 0) is 25.8 Å². The average Bonchev–Trinajstić information content (AvgIpc) is 3.39. The Morgan fingerprint density at radius 1 is 1.41 bits per heavy atom. The lowest BCUT2D eigenvalue weighted by molar-refractivity contribution is -0.118.